The van der Waals surface area contributed by atoms with Crippen molar-refractivity contribution in [2.24, 2.45) is 11.8 Å². The summed E-state index contributed by atoms with van der Waals surface area (Å²) >= 11 is 7.31. The van der Waals surface area contributed by atoms with Gasteiger partial charge in [-0.05, 0) is 99.4 Å². The molecular formula is C73H114N2O2S4. The minimum absolute atomic E-state index is 0.0630. The van der Waals surface area contributed by atoms with Crippen LogP contribution < -0.4 is 0 Å². The van der Waals surface area contributed by atoms with E-state index in [1.807, 2.05) is 22.7 Å². The highest BCUT2D eigenvalue weighted by atomic mass is 32.1. The molecule has 81 heavy (non-hydrogen) atoms. The van der Waals surface area contributed by atoms with Crippen LogP contribution in [-0.2, 0) is 16.0 Å². The maximum atomic E-state index is 16.0. The quantitative estimate of drug-likeness (QED) is 0.0414. The van der Waals surface area contributed by atoms with Gasteiger partial charge in [0.1, 0.15) is 0 Å². The molecule has 4 nitrogen and oxygen atoms in total. The summed E-state index contributed by atoms with van der Waals surface area (Å²) in [6.07, 6.45) is 53.3. The van der Waals surface area contributed by atoms with Crippen LogP contribution in [0, 0.1) is 18.8 Å². The number of aryl methyl sites for hydroxylation is 2. The number of carbonyl (C=O) groups excluding carboxylic acids is 2. The number of amides is 2. The molecule has 0 radical (unpaired) electrons. The van der Waals surface area contributed by atoms with Crippen molar-refractivity contribution in [2.75, 3.05) is 13.1 Å². The number of thiophene rings is 4. The Morgan fingerprint density at radius 2 is 0.593 bits per heavy atom. The molecule has 0 fully saturated rings. The monoisotopic (exact) mass is 1180 g/mol. The van der Waals surface area contributed by atoms with Gasteiger partial charge in [-0.25, -0.2) is 0 Å². The lowest BCUT2D eigenvalue weighted by molar-refractivity contribution is -0.124. The molecule has 452 valence electrons. The molecule has 6 rings (SSSR count). The van der Waals surface area contributed by atoms with E-state index in [2.05, 4.69) is 99.9 Å². The number of rotatable bonds is 49. The molecule has 0 N–H and O–H groups in total. The summed E-state index contributed by atoms with van der Waals surface area (Å²) in [4.78, 5) is 46.1. The van der Waals surface area contributed by atoms with E-state index in [0.29, 0.717) is 36.1 Å². The van der Waals surface area contributed by atoms with Gasteiger partial charge in [0.15, 0.2) is 0 Å². The molecule has 2 aliphatic rings. The summed E-state index contributed by atoms with van der Waals surface area (Å²) < 4.78 is 0. The molecule has 4 aromatic rings. The number of carbonyl (C=O) groups is 2. The molecule has 2 unspecified atom stereocenters. The first-order chi connectivity index (χ1) is 39.8. The molecule has 0 bridgehead atoms. The standard InChI is InChI=1S/C73H114N2O2S4/c1-7-12-16-20-24-28-30-34-38-42-45-59(44-40-36-32-26-22-18-14-9-3)56-74-70(66-50-48-58(6)78-66)68-69(73(74)77)71(67-55-54-65(81-67)64-53-52-63(80-64)62-51-49-61(11-5)79-62)75(72(68)76)57-60(46-41-37-33-27-23-19-15-10-4)47-43-39-35-31-29-25-21-17-13-8-2/h48-55,59-60H,7-47,56-57H2,1-6H3. The van der Waals surface area contributed by atoms with E-state index in [4.69, 9.17) is 0 Å². The molecule has 6 heterocycles. The summed E-state index contributed by atoms with van der Waals surface area (Å²) in [5.74, 6) is 0.928. The van der Waals surface area contributed by atoms with Gasteiger partial charge in [-0.15, -0.1) is 45.3 Å². The topological polar surface area (TPSA) is 40.6 Å². The Morgan fingerprint density at radius 1 is 0.321 bits per heavy atom. The predicted molar refractivity (Wildman–Crippen MR) is 361 cm³/mol. The van der Waals surface area contributed by atoms with Crippen molar-refractivity contribution in [3.05, 3.63) is 79.2 Å². The van der Waals surface area contributed by atoms with Crippen LogP contribution in [0.3, 0.4) is 0 Å². The first-order valence-corrected chi connectivity index (χ1v) is 37.6. The zero-order valence-electron chi connectivity index (χ0n) is 52.5. The lowest BCUT2D eigenvalue weighted by atomic mass is 9.93. The molecule has 2 aliphatic heterocycles. The van der Waals surface area contributed by atoms with E-state index in [1.165, 1.54) is 260 Å². The van der Waals surface area contributed by atoms with Crippen LogP contribution >= 0.6 is 45.3 Å². The van der Waals surface area contributed by atoms with E-state index >= 15 is 9.59 Å². The van der Waals surface area contributed by atoms with E-state index in [9.17, 15) is 0 Å². The highest BCUT2D eigenvalue weighted by Crippen LogP contribution is 2.51. The van der Waals surface area contributed by atoms with Crippen molar-refractivity contribution in [1.29, 1.82) is 0 Å². The Balaban J connectivity index is 1.30. The van der Waals surface area contributed by atoms with Gasteiger partial charge in [-0.1, -0.05) is 266 Å². The van der Waals surface area contributed by atoms with Crippen LogP contribution in [-0.4, -0.2) is 34.7 Å². The van der Waals surface area contributed by atoms with Gasteiger partial charge in [0, 0.05) is 42.4 Å². The maximum Gasteiger partial charge on any atom is 0.261 e. The number of unbranched alkanes of at least 4 members (excludes halogenated alkanes) is 32. The lowest BCUT2D eigenvalue weighted by Gasteiger charge is -2.29. The summed E-state index contributed by atoms with van der Waals surface area (Å²) in [7, 11) is 0. The van der Waals surface area contributed by atoms with E-state index in [-0.39, 0.29) is 11.8 Å². The Kier molecular flexibility index (Phi) is 33.1. The normalized spacial score (nSPS) is 14.5. The second-order valence-electron chi connectivity index (χ2n) is 24.8. The molecule has 4 aromatic heterocycles. The van der Waals surface area contributed by atoms with Crippen LogP contribution in [0.2, 0.25) is 0 Å². The molecule has 0 spiro atoms. The molecule has 0 saturated heterocycles. The van der Waals surface area contributed by atoms with Gasteiger partial charge < -0.3 is 9.80 Å². The lowest BCUT2D eigenvalue weighted by Crippen LogP contribution is -2.34. The molecule has 0 saturated carbocycles. The summed E-state index contributed by atoms with van der Waals surface area (Å²) in [5, 5.41) is 0. The Labute approximate surface area is 512 Å². The van der Waals surface area contributed by atoms with E-state index < -0.39 is 0 Å². The second kappa shape index (κ2) is 39.8. The predicted octanol–water partition coefficient (Wildman–Crippen LogP) is 24.9. The first kappa shape index (κ1) is 67.3. The Hall–Kier alpha value is -2.78. The highest BCUT2D eigenvalue weighted by molar-refractivity contribution is 7.26. The van der Waals surface area contributed by atoms with Crippen molar-refractivity contribution in [3.63, 3.8) is 0 Å². The van der Waals surface area contributed by atoms with Crippen molar-refractivity contribution in [2.45, 2.75) is 305 Å². The average Bonchev–Trinajstić information content (AvgIpc) is 2.58. The molecule has 2 amide bonds. The first-order valence-electron chi connectivity index (χ1n) is 34.3. The fourth-order valence-electron chi connectivity index (χ4n) is 12.9. The van der Waals surface area contributed by atoms with Crippen LogP contribution in [0.4, 0.5) is 0 Å². The van der Waals surface area contributed by atoms with E-state index in [1.54, 1.807) is 22.7 Å². The van der Waals surface area contributed by atoms with Gasteiger partial charge in [-0.3, -0.25) is 9.59 Å². The van der Waals surface area contributed by atoms with Crippen molar-refractivity contribution < 1.29 is 9.59 Å². The molecule has 2 atom stereocenters. The zero-order chi connectivity index (χ0) is 57.3. The number of hydrogen-bond acceptors (Lipinski definition) is 6. The van der Waals surface area contributed by atoms with E-state index in [0.717, 1.165) is 53.3 Å². The fourth-order valence-corrected chi connectivity index (χ4v) is 17.0. The third kappa shape index (κ3) is 22.5. The smallest absolute Gasteiger partial charge is 0.261 e. The molecular weight excluding hydrogens is 1070 g/mol. The second-order valence-corrected chi connectivity index (χ2v) is 29.5. The SMILES string of the molecule is CCCCCCCCCCCCC(CCCCCCCCCC)CN1C(=O)C2=C(c3ccc(-c4ccc(-c5ccc(CC)s5)s4)s3)N(CC(CCCCCCCCCC)CCCCCCCCCCCC)C(=O)C2=C1c1ccc(C)s1. The van der Waals surface area contributed by atoms with Crippen LogP contribution in [0.15, 0.2) is 59.7 Å². The van der Waals surface area contributed by atoms with Crippen molar-refractivity contribution >= 4 is 68.6 Å². The summed E-state index contributed by atoms with van der Waals surface area (Å²) in [5.41, 5.74) is 3.16. The Bertz CT molecular complexity index is 2410. The third-order valence-corrected chi connectivity index (χ3v) is 22.6. The van der Waals surface area contributed by atoms with Crippen molar-refractivity contribution in [1.82, 2.24) is 9.80 Å². The van der Waals surface area contributed by atoms with Crippen LogP contribution in [0.1, 0.15) is 311 Å². The largest absolute Gasteiger partial charge is 0.306 e. The average molecular weight is 1180 g/mol. The Morgan fingerprint density at radius 3 is 0.901 bits per heavy atom. The fraction of sp³-hybridized carbons (Fsp3) is 0.699. The molecule has 8 heteroatoms. The zero-order valence-corrected chi connectivity index (χ0v) is 55.8. The van der Waals surface area contributed by atoms with Gasteiger partial charge in [0.05, 0.1) is 32.3 Å². The number of hydrogen-bond donors (Lipinski definition) is 0. The van der Waals surface area contributed by atoms with Crippen LogP contribution in [0.25, 0.3) is 30.9 Å². The number of fused-ring (bicyclic) bond motifs is 1. The molecule has 0 aliphatic carbocycles. The summed E-state index contributed by atoms with van der Waals surface area (Å²) in [6, 6.07) is 18.1. The number of nitrogens with zero attached hydrogens (tertiary/aromatic N) is 2. The summed E-state index contributed by atoms with van der Waals surface area (Å²) in [6.45, 7) is 15.0. The van der Waals surface area contributed by atoms with Gasteiger partial charge in [0.2, 0.25) is 0 Å². The minimum Gasteiger partial charge on any atom is -0.306 e. The third-order valence-electron chi connectivity index (χ3n) is 17.8. The van der Waals surface area contributed by atoms with Gasteiger partial charge >= 0.3 is 0 Å². The molecule has 0 aromatic carbocycles. The minimum atomic E-state index is 0.0630. The van der Waals surface area contributed by atoms with Crippen LogP contribution in [0.5, 0.6) is 0 Å². The van der Waals surface area contributed by atoms with Crippen molar-refractivity contribution in [3.8, 4) is 19.5 Å². The van der Waals surface area contributed by atoms with Gasteiger partial charge in [-0.2, -0.15) is 0 Å². The van der Waals surface area contributed by atoms with Gasteiger partial charge in [0.25, 0.3) is 11.8 Å². The highest BCUT2D eigenvalue weighted by Gasteiger charge is 2.50. The maximum absolute atomic E-state index is 16.0.